The molecule has 0 saturated heterocycles. The van der Waals surface area contributed by atoms with Crippen molar-refractivity contribution < 1.29 is 18.0 Å². The van der Waals surface area contributed by atoms with Crippen molar-refractivity contribution in [1.29, 1.82) is 0 Å². The molecule has 0 saturated carbocycles. The molecule has 4 rings (SSSR count). The van der Waals surface area contributed by atoms with E-state index in [9.17, 15) is 18.0 Å². The molecule has 9 heteroatoms. The lowest BCUT2D eigenvalue weighted by atomic mass is 10.1. The van der Waals surface area contributed by atoms with Crippen LogP contribution < -0.4 is 10.9 Å². The second-order valence-corrected chi connectivity index (χ2v) is 7.46. The van der Waals surface area contributed by atoms with Gasteiger partial charge in [0.25, 0.3) is 5.91 Å². The minimum absolute atomic E-state index is 0.00118. The molecule has 164 valence electrons. The van der Waals surface area contributed by atoms with Gasteiger partial charge < -0.3 is 0 Å². The number of anilines is 1. The van der Waals surface area contributed by atoms with E-state index in [-0.39, 0.29) is 17.3 Å². The lowest BCUT2D eigenvalue weighted by Gasteiger charge is -2.15. The van der Waals surface area contributed by atoms with Crippen molar-refractivity contribution in [2.75, 3.05) is 5.43 Å². The molecule has 0 radical (unpaired) electrons. The summed E-state index contributed by atoms with van der Waals surface area (Å²) >= 11 is 0. The predicted octanol–water partition coefficient (Wildman–Crippen LogP) is 5.45. The van der Waals surface area contributed by atoms with Crippen molar-refractivity contribution in [3.8, 4) is 11.3 Å². The molecule has 32 heavy (non-hydrogen) atoms. The lowest BCUT2D eigenvalue weighted by Crippen LogP contribution is -2.30. The van der Waals surface area contributed by atoms with Crippen molar-refractivity contribution in [1.82, 2.24) is 20.2 Å². The second kappa shape index (κ2) is 8.33. The summed E-state index contributed by atoms with van der Waals surface area (Å²) in [6.45, 7) is 3.89. The SMILES string of the molecule is CC(C)n1ncc2c(C(=O)NNc3ccccc3C(F)(F)F)cc(-c3ccccc3)nc21. The van der Waals surface area contributed by atoms with Crippen molar-refractivity contribution in [2.24, 2.45) is 0 Å². The van der Waals surface area contributed by atoms with E-state index >= 15 is 0 Å². The minimum Gasteiger partial charge on any atom is -0.298 e. The Labute approximate surface area is 182 Å². The van der Waals surface area contributed by atoms with E-state index in [2.05, 4.69) is 20.9 Å². The number of hydrogen-bond donors (Lipinski definition) is 2. The Balaban J connectivity index is 1.73. The Morgan fingerprint density at radius 3 is 2.41 bits per heavy atom. The number of benzene rings is 2. The first-order valence-electron chi connectivity index (χ1n) is 9.92. The molecule has 0 aliphatic carbocycles. The van der Waals surface area contributed by atoms with E-state index in [0.29, 0.717) is 16.7 Å². The largest absolute Gasteiger partial charge is 0.418 e. The van der Waals surface area contributed by atoms with Crippen LogP contribution in [0.1, 0.15) is 35.8 Å². The van der Waals surface area contributed by atoms with Crippen LogP contribution in [0.3, 0.4) is 0 Å². The number of carbonyl (C=O) groups is 1. The van der Waals surface area contributed by atoms with Crippen LogP contribution in [0.4, 0.5) is 18.9 Å². The van der Waals surface area contributed by atoms with Gasteiger partial charge in [-0.25, -0.2) is 9.67 Å². The number of carbonyl (C=O) groups excluding carboxylic acids is 1. The highest BCUT2D eigenvalue weighted by atomic mass is 19.4. The normalized spacial score (nSPS) is 11.7. The number of rotatable bonds is 5. The molecule has 2 N–H and O–H groups in total. The van der Waals surface area contributed by atoms with Gasteiger partial charge in [-0.3, -0.25) is 15.6 Å². The monoisotopic (exact) mass is 439 g/mol. The van der Waals surface area contributed by atoms with Crippen molar-refractivity contribution in [3.05, 3.63) is 78.0 Å². The first-order chi connectivity index (χ1) is 15.3. The molecule has 4 aromatic rings. The third kappa shape index (κ3) is 4.14. The Hall–Kier alpha value is -3.88. The maximum atomic E-state index is 13.3. The number of hydrogen-bond acceptors (Lipinski definition) is 4. The Kier molecular flexibility index (Phi) is 5.56. The van der Waals surface area contributed by atoms with Crippen molar-refractivity contribution in [3.63, 3.8) is 0 Å². The summed E-state index contributed by atoms with van der Waals surface area (Å²) in [6.07, 6.45) is -3.02. The van der Waals surface area contributed by atoms with Gasteiger partial charge in [0, 0.05) is 11.6 Å². The average Bonchev–Trinajstić information content (AvgIpc) is 3.21. The maximum Gasteiger partial charge on any atom is 0.418 e. The van der Waals surface area contributed by atoms with Crippen LogP contribution in [0.15, 0.2) is 66.9 Å². The summed E-state index contributed by atoms with van der Waals surface area (Å²) in [7, 11) is 0. The van der Waals surface area contributed by atoms with Gasteiger partial charge in [-0.2, -0.15) is 18.3 Å². The topological polar surface area (TPSA) is 71.8 Å². The standard InChI is InChI=1S/C23H20F3N5O/c1-14(2)31-21-17(13-27-31)16(12-20(28-21)15-8-4-3-5-9-15)22(32)30-29-19-11-7-6-10-18(19)23(24,25)26/h3-14,29H,1-2H3,(H,30,32). The highest BCUT2D eigenvalue weighted by Crippen LogP contribution is 2.34. The highest BCUT2D eigenvalue weighted by molar-refractivity contribution is 6.06. The summed E-state index contributed by atoms with van der Waals surface area (Å²) in [4.78, 5) is 17.7. The fraction of sp³-hybridized carbons (Fsp3) is 0.174. The molecule has 0 bridgehead atoms. The number of para-hydroxylation sites is 1. The quantitative estimate of drug-likeness (QED) is 0.406. The van der Waals surface area contributed by atoms with E-state index in [1.54, 1.807) is 10.7 Å². The lowest BCUT2D eigenvalue weighted by molar-refractivity contribution is -0.137. The van der Waals surface area contributed by atoms with Crippen LogP contribution in [-0.2, 0) is 6.18 Å². The number of nitrogens with zero attached hydrogens (tertiary/aromatic N) is 3. The first kappa shape index (κ1) is 21.4. The number of pyridine rings is 1. The van der Waals surface area contributed by atoms with Crippen molar-refractivity contribution >= 4 is 22.6 Å². The summed E-state index contributed by atoms with van der Waals surface area (Å²) in [5, 5.41) is 4.84. The maximum absolute atomic E-state index is 13.3. The molecule has 0 spiro atoms. The molecular weight excluding hydrogens is 419 g/mol. The van der Waals surface area contributed by atoms with Crippen LogP contribution in [0.5, 0.6) is 0 Å². The first-order valence-corrected chi connectivity index (χ1v) is 9.92. The van der Waals surface area contributed by atoms with Gasteiger partial charge in [0.1, 0.15) is 0 Å². The Morgan fingerprint density at radius 2 is 1.72 bits per heavy atom. The number of hydrazine groups is 1. The second-order valence-electron chi connectivity index (χ2n) is 7.46. The van der Waals surface area contributed by atoms with E-state index in [0.717, 1.165) is 11.6 Å². The minimum atomic E-state index is -4.56. The molecule has 0 fully saturated rings. The van der Waals surface area contributed by atoms with Crippen molar-refractivity contribution in [2.45, 2.75) is 26.1 Å². The number of aromatic nitrogens is 3. The van der Waals surface area contributed by atoms with E-state index in [1.807, 2.05) is 44.2 Å². The van der Waals surface area contributed by atoms with Gasteiger partial charge in [-0.05, 0) is 32.0 Å². The van der Waals surface area contributed by atoms with Crippen LogP contribution in [0.2, 0.25) is 0 Å². The van der Waals surface area contributed by atoms with Gasteiger partial charge in [-0.1, -0.05) is 42.5 Å². The summed E-state index contributed by atoms with van der Waals surface area (Å²) in [5.41, 5.74) is 5.78. The van der Waals surface area contributed by atoms with Crippen LogP contribution in [-0.4, -0.2) is 20.7 Å². The molecule has 2 heterocycles. The molecule has 0 aliphatic rings. The van der Waals surface area contributed by atoms with Crippen LogP contribution in [0, 0.1) is 0 Å². The molecule has 1 amide bonds. The van der Waals surface area contributed by atoms with E-state index in [1.165, 1.54) is 24.4 Å². The fourth-order valence-electron chi connectivity index (χ4n) is 3.37. The molecule has 6 nitrogen and oxygen atoms in total. The third-order valence-corrected chi connectivity index (χ3v) is 4.91. The molecule has 0 unspecified atom stereocenters. The molecule has 0 atom stereocenters. The zero-order valence-electron chi connectivity index (χ0n) is 17.3. The van der Waals surface area contributed by atoms with Gasteiger partial charge in [0.15, 0.2) is 5.65 Å². The number of alkyl halides is 3. The summed E-state index contributed by atoms with van der Waals surface area (Å²) in [5.74, 6) is -0.602. The highest BCUT2D eigenvalue weighted by Gasteiger charge is 2.33. The van der Waals surface area contributed by atoms with E-state index < -0.39 is 17.6 Å². The van der Waals surface area contributed by atoms with Gasteiger partial charge in [-0.15, -0.1) is 0 Å². The molecule has 0 aliphatic heterocycles. The number of fused-ring (bicyclic) bond motifs is 1. The Bertz CT molecular complexity index is 1270. The zero-order valence-corrected chi connectivity index (χ0v) is 17.3. The number of nitrogens with one attached hydrogen (secondary N) is 2. The number of amides is 1. The van der Waals surface area contributed by atoms with Gasteiger partial charge in [0.05, 0.1) is 34.1 Å². The smallest absolute Gasteiger partial charge is 0.298 e. The Morgan fingerprint density at radius 1 is 1.03 bits per heavy atom. The molecule has 2 aromatic heterocycles. The van der Waals surface area contributed by atoms with Gasteiger partial charge >= 0.3 is 6.18 Å². The van der Waals surface area contributed by atoms with Crippen LogP contribution in [0.25, 0.3) is 22.3 Å². The predicted molar refractivity (Wildman–Crippen MR) is 116 cm³/mol. The zero-order chi connectivity index (χ0) is 22.9. The average molecular weight is 439 g/mol. The summed E-state index contributed by atoms with van der Waals surface area (Å²) < 4.78 is 41.5. The molecular formula is C23H20F3N5O. The van der Waals surface area contributed by atoms with E-state index in [4.69, 9.17) is 0 Å². The number of halogens is 3. The fourth-order valence-corrected chi connectivity index (χ4v) is 3.37. The van der Waals surface area contributed by atoms with Crippen LogP contribution >= 0.6 is 0 Å². The van der Waals surface area contributed by atoms with Gasteiger partial charge in [0.2, 0.25) is 0 Å². The third-order valence-electron chi connectivity index (χ3n) is 4.91. The summed E-state index contributed by atoms with van der Waals surface area (Å²) in [6, 6.07) is 15.9. The molecule has 2 aromatic carbocycles.